The fraction of sp³-hybridized carbons (Fsp3) is 0.318. The average Bonchev–Trinajstić information content (AvgIpc) is 3.13. The van der Waals surface area contributed by atoms with Crippen LogP contribution in [0.3, 0.4) is 0 Å². The number of hydrogen-bond acceptors (Lipinski definition) is 8. The van der Waals surface area contributed by atoms with Gasteiger partial charge in [-0.1, -0.05) is 11.3 Å². The van der Waals surface area contributed by atoms with Crippen LogP contribution in [-0.4, -0.2) is 50.6 Å². The lowest BCUT2D eigenvalue weighted by Crippen LogP contribution is -2.22. The van der Waals surface area contributed by atoms with Crippen LogP contribution >= 0.6 is 23.1 Å². The summed E-state index contributed by atoms with van der Waals surface area (Å²) in [5.74, 6) is 1.73. The van der Waals surface area contributed by atoms with Gasteiger partial charge >= 0.3 is 5.97 Å². The van der Waals surface area contributed by atoms with Crippen LogP contribution in [0.5, 0.6) is 17.2 Å². The van der Waals surface area contributed by atoms with Crippen LogP contribution in [0, 0.1) is 0 Å². The molecule has 2 aromatic carbocycles. The topological polar surface area (TPSA) is 88.4 Å². The molecule has 1 heterocycles. The number of hydrogen-bond donors (Lipinski definition) is 0. The molecule has 3 rings (SSSR count). The molecule has 0 saturated heterocycles. The molecule has 0 spiro atoms. The Balaban J connectivity index is 1.84. The Morgan fingerprint density at radius 2 is 1.69 bits per heavy atom. The second kappa shape index (κ2) is 11.1. The highest BCUT2D eigenvalue weighted by Gasteiger charge is 2.15. The number of esters is 1. The Hall–Kier alpha value is -2.98. The summed E-state index contributed by atoms with van der Waals surface area (Å²) in [6.07, 6.45) is 0.260. The van der Waals surface area contributed by atoms with Crippen molar-refractivity contribution in [2.24, 2.45) is 4.99 Å². The molecule has 0 unspecified atom stereocenters. The van der Waals surface area contributed by atoms with Gasteiger partial charge in [-0.3, -0.25) is 9.59 Å². The van der Waals surface area contributed by atoms with Crippen LogP contribution in [0.1, 0.15) is 6.42 Å². The largest absolute Gasteiger partial charge is 0.497 e. The maximum absolute atomic E-state index is 12.6. The number of fused-ring (bicyclic) bond motifs is 1. The lowest BCUT2D eigenvalue weighted by molar-refractivity contribution is -0.141. The number of nitrogens with zero attached hydrogens (tertiary/aromatic N) is 2. The van der Waals surface area contributed by atoms with E-state index in [4.69, 9.17) is 18.9 Å². The molecule has 0 aliphatic carbocycles. The number of carbonyl (C=O) groups is 2. The standard InChI is InChI=1S/C22H24N2O6S2/c1-27-14-5-7-15(8-6-14)31-10-9-20(25)23-22-24(13-21(26)30-4)16-11-17(28-2)18(29-3)12-19(16)32-22/h5-8,11-12H,9-10,13H2,1-4H3. The zero-order chi connectivity index (χ0) is 23.1. The molecule has 0 N–H and O–H groups in total. The highest BCUT2D eigenvalue weighted by atomic mass is 32.2. The van der Waals surface area contributed by atoms with Gasteiger partial charge in [-0.05, 0) is 24.3 Å². The first kappa shape index (κ1) is 23.7. The fourth-order valence-electron chi connectivity index (χ4n) is 2.92. The predicted octanol–water partition coefficient (Wildman–Crippen LogP) is 3.51. The van der Waals surface area contributed by atoms with E-state index in [0.717, 1.165) is 15.3 Å². The fourth-order valence-corrected chi connectivity index (χ4v) is 4.82. The van der Waals surface area contributed by atoms with Gasteiger partial charge in [-0.15, -0.1) is 11.8 Å². The van der Waals surface area contributed by atoms with Crippen LogP contribution in [0.2, 0.25) is 0 Å². The maximum atomic E-state index is 12.6. The third-order valence-corrected chi connectivity index (χ3v) is 6.62. The Morgan fingerprint density at radius 1 is 1.00 bits per heavy atom. The minimum atomic E-state index is -0.441. The predicted molar refractivity (Wildman–Crippen MR) is 124 cm³/mol. The second-order valence-electron chi connectivity index (χ2n) is 6.50. The zero-order valence-corrected chi connectivity index (χ0v) is 19.9. The number of ether oxygens (including phenoxy) is 4. The number of thioether (sulfide) groups is 1. The number of aromatic nitrogens is 1. The third kappa shape index (κ3) is 5.63. The number of benzene rings is 2. The summed E-state index contributed by atoms with van der Waals surface area (Å²) in [5.41, 5.74) is 0.706. The van der Waals surface area contributed by atoms with Gasteiger partial charge in [0.2, 0.25) is 5.91 Å². The lowest BCUT2D eigenvalue weighted by atomic mass is 10.3. The van der Waals surface area contributed by atoms with Crippen molar-refractivity contribution in [1.29, 1.82) is 0 Å². The number of carbonyl (C=O) groups excluding carboxylic acids is 2. The van der Waals surface area contributed by atoms with E-state index in [0.29, 0.717) is 27.6 Å². The van der Waals surface area contributed by atoms with Crippen molar-refractivity contribution in [2.45, 2.75) is 17.9 Å². The molecular weight excluding hydrogens is 452 g/mol. The molecular formula is C22H24N2O6S2. The molecule has 32 heavy (non-hydrogen) atoms. The first-order valence-electron chi connectivity index (χ1n) is 9.65. The van der Waals surface area contributed by atoms with E-state index in [1.807, 2.05) is 24.3 Å². The molecule has 170 valence electrons. The van der Waals surface area contributed by atoms with Gasteiger partial charge in [0.25, 0.3) is 0 Å². The summed E-state index contributed by atoms with van der Waals surface area (Å²) in [6, 6.07) is 11.2. The Morgan fingerprint density at radius 3 is 2.31 bits per heavy atom. The summed E-state index contributed by atoms with van der Waals surface area (Å²) in [4.78, 5) is 30.3. The van der Waals surface area contributed by atoms with E-state index in [1.165, 1.54) is 25.6 Å². The molecule has 0 aliphatic heterocycles. The summed E-state index contributed by atoms with van der Waals surface area (Å²) >= 11 is 2.86. The summed E-state index contributed by atoms with van der Waals surface area (Å²) in [5, 5.41) is 0. The lowest BCUT2D eigenvalue weighted by Gasteiger charge is -2.09. The van der Waals surface area contributed by atoms with Crippen LogP contribution in [0.4, 0.5) is 0 Å². The zero-order valence-electron chi connectivity index (χ0n) is 18.2. The van der Waals surface area contributed by atoms with E-state index in [1.54, 1.807) is 42.7 Å². The van der Waals surface area contributed by atoms with Gasteiger partial charge in [0.05, 0.1) is 38.7 Å². The monoisotopic (exact) mass is 476 g/mol. The van der Waals surface area contributed by atoms with E-state index >= 15 is 0 Å². The summed E-state index contributed by atoms with van der Waals surface area (Å²) in [7, 11) is 6.03. The average molecular weight is 477 g/mol. The molecule has 3 aromatic rings. The molecule has 1 aromatic heterocycles. The van der Waals surface area contributed by atoms with Crippen LogP contribution in [0.15, 0.2) is 46.3 Å². The quantitative estimate of drug-likeness (QED) is 0.345. The molecule has 0 atom stereocenters. The number of methoxy groups -OCH3 is 4. The minimum Gasteiger partial charge on any atom is -0.497 e. The summed E-state index contributed by atoms with van der Waals surface area (Å²) in [6.45, 7) is -0.0707. The summed E-state index contributed by atoms with van der Waals surface area (Å²) < 4.78 is 23.2. The molecule has 0 radical (unpaired) electrons. The number of amides is 1. The van der Waals surface area contributed by atoms with E-state index in [9.17, 15) is 9.59 Å². The van der Waals surface area contributed by atoms with E-state index in [2.05, 4.69) is 4.99 Å². The van der Waals surface area contributed by atoms with Crippen molar-refractivity contribution < 1.29 is 28.5 Å². The highest BCUT2D eigenvalue weighted by molar-refractivity contribution is 7.99. The molecule has 0 bridgehead atoms. The Labute approximate surface area is 193 Å². The molecule has 0 saturated carbocycles. The van der Waals surface area contributed by atoms with Crippen LogP contribution in [-0.2, 0) is 20.9 Å². The maximum Gasteiger partial charge on any atom is 0.325 e. The van der Waals surface area contributed by atoms with Crippen molar-refractivity contribution in [3.8, 4) is 17.2 Å². The number of thiazole rings is 1. The second-order valence-corrected chi connectivity index (χ2v) is 8.68. The normalized spacial score (nSPS) is 11.4. The molecule has 0 aliphatic rings. The van der Waals surface area contributed by atoms with Crippen LogP contribution < -0.4 is 19.0 Å². The van der Waals surface area contributed by atoms with Crippen molar-refractivity contribution in [3.63, 3.8) is 0 Å². The SMILES string of the molecule is COC(=O)Cn1c(=NC(=O)CCSc2ccc(OC)cc2)sc2cc(OC)c(OC)cc21. The Bertz CT molecular complexity index is 1170. The Kier molecular flexibility index (Phi) is 8.18. The van der Waals surface area contributed by atoms with Crippen molar-refractivity contribution in [2.75, 3.05) is 34.2 Å². The number of rotatable bonds is 9. The minimum absolute atomic E-state index is 0.0707. The first-order chi connectivity index (χ1) is 15.5. The molecule has 10 heteroatoms. The third-order valence-electron chi connectivity index (χ3n) is 4.57. The van der Waals surface area contributed by atoms with Crippen molar-refractivity contribution in [3.05, 3.63) is 41.2 Å². The van der Waals surface area contributed by atoms with Gasteiger partial charge in [-0.2, -0.15) is 4.99 Å². The van der Waals surface area contributed by atoms with E-state index in [-0.39, 0.29) is 18.9 Å². The van der Waals surface area contributed by atoms with E-state index < -0.39 is 5.97 Å². The van der Waals surface area contributed by atoms with Crippen LogP contribution in [0.25, 0.3) is 10.2 Å². The van der Waals surface area contributed by atoms with Crippen molar-refractivity contribution >= 4 is 45.2 Å². The molecule has 0 fully saturated rings. The van der Waals surface area contributed by atoms with Gasteiger partial charge in [0.1, 0.15) is 12.3 Å². The van der Waals surface area contributed by atoms with Gasteiger partial charge in [0.15, 0.2) is 16.3 Å². The molecule has 1 amide bonds. The smallest absolute Gasteiger partial charge is 0.325 e. The first-order valence-corrected chi connectivity index (χ1v) is 11.5. The van der Waals surface area contributed by atoms with Gasteiger partial charge < -0.3 is 23.5 Å². The highest BCUT2D eigenvalue weighted by Crippen LogP contribution is 2.33. The van der Waals surface area contributed by atoms with Gasteiger partial charge in [-0.25, -0.2) is 0 Å². The van der Waals surface area contributed by atoms with Crippen molar-refractivity contribution in [1.82, 2.24) is 4.57 Å². The van der Waals surface area contributed by atoms with Gasteiger partial charge in [0, 0.05) is 29.2 Å². The molecule has 8 nitrogen and oxygen atoms in total.